The van der Waals surface area contributed by atoms with Crippen molar-refractivity contribution in [1.82, 2.24) is 9.97 Å². The van der Waals surface area contributed by atoms with Crippen LogP contribution in [0.2, 0.25) is 5.02 Å². The Morgan fingerprint density at radius 3 is 2.62 bits per heavy atom. The van der Waals surface area contributed by atoms with Gasteiger partial charge in [-0.15, -0.1) is 0 Å². The van der Waals surface area contributed by atoms with E-state index in [0.717, 1.165) is 35.4 Å². The first-order valence-corrected chi connectivity index (χ1v) is 11.7. The molecule has 0 spiro atoms. The highest BCUT2D eigenvalue weighted by molar-refractivity contribution is 6.33. The van der Waals surface area contributed by atoms with Gasteiger partial charge in [0.25, 0.3) is 0 Å². The zero-order valence-corrected chi connectivity index (χ0v) is 18.4. The number of aliphatic hydroxyl groups excluding tert-OH is 1. The molecule has 0 amide bonds. The first-order chi connectivity index (χ1) is 15.7. The monoisotopic (exact) mass is 455 g/mol. The smallest absolute Gasteiger partial charge is 0.193 e. The van der Waals surface area contributed by atoms with Gasteiger partial charge in [-0.3, -0.25) is 0 Å². The Morgan fingerprint density at radius 1 is 1.03 bits per heavy atom. The predicted molar refractivity (Wildman–Crippen MR) is 123 cm³/mol. The van der Waals surface area contributed by atoms with Crippen molar-refractivity contribution in [3.8, 4) is 17.1 Å². The third kappa shape index (κ3) is 3.63. The lowest BCUT2D eigenvalue weighted by molar-refractivity contribution is 0.00794. The van der Waals surface area contributed by atoms with Crippen molar-refractivity contribution in [1.29, 1.82) is 0 Å². The van der Waals surface area contributed by atoms with Crippen LogP contribution in [0.4, 0.5) is 5.69 Å². The highest BCUT2D eigenvalue weighted by atomic mass is 35.5. The van der Waals surface area contributed by atoms with E-state index < -0.39 is 6.10 Å². The van der Waals surface area contributed by atoms with Gasteiger partial charge < -0.3 is 29.2 Å². The number of anilines is 1. The van der Waals surface area contributed by atoms with Crippen molar-refractivity contribution in [2.45, 2.75) is 43.7 Å². The number of rotatable bonds is 4. The Morgan fingerprint density at radius 2 is 1.81 bits per heavy atom. The maximum absolute atomic E-state index is 9.92. The van der Waals surface area contributed by atoms with Gasteiger partial charge in [-0.25, -0.2) is 4.98 Å². The molecule has 0 saturated carbocycles. The Hall–Kier alpha value is -2.32. The number of nitrogens with one attached hydrogen (secondary N) is 1. The van der Waals surface area contributed by atoms with Gasteiger partial charge in [-0.1, -0.05) is 23.7 Å². The molecule has 5 heterocycles. The number of halogens is 1. The van der Waals surface area contributed by atoms with E-state index >= 15 is 0 Å². The number of aromatic nitrogens is 2. The van der Waals surface area contributed by atoms with Crippen LogP contribution in [0.1, 0.15) is 19.3 Å². The highest BCUT2D eigenvalue weighted by Gasteiger charge is 2.48. The van der Waals surface area contributed by atoms with Gasteiger partial charge in [0.05, 0.1) is 35.0 Å². The summed E-state index contributed by atoms with van der Waals surface area (Å²) in [6, 6.07) is 12.2. The molecule has 0 aliphatic carbocycles. The summed E-state index contributed by atoms with van der Waals surface area (Å²) < 4.78 is 17.4. The SMILES string of the molecule is OC1COC2C(Oc3cc4nc(-c5ccc(N6CCCCC6)cc5)c(Cl)cc4[nH]3)COC12. The number of nitrogens with zero attached hydrogens (tertiary/aromatic N) is 2. The number of pyridine rings is 1. The number of hydrogen-bond donors (Lipinski definition) is 2. The van der Waals surface area contributed by atoms with Crippen LogP contribution < -0.4 is 9.64 Å². The molecule has 3 saturated heterocycles. The van der Waals surface area contributed by atoms with Crippen LogP contribution in [0.15, 0.2) is 36.4 Å². The van der Waals surface area contributed by atoms with E-state index in [0.29, 0.717) is 17.5 Å². The minimum Gasteiger partial charge on any atom is -0.470 e. The van der Waals surface area contributed by atoms with E-state index in [4.69, 9.17) is 30.8 Å². The van der Waals surface area contributed by atoms with Crippen LogP contribution in [-0.4, -0.2) is 65.8 Å². The standard InChI is InChI=1S/C24H26ClN3O4/c25-16-10-17-18(11-21(26-17)32-20-13-31-23-19(29)12-30-24(20)23)27-22(16)14-4-6-15(7-5-14)28-8-2-1-3-9-28/h4-7,10-11,19-20,23-24,26,29H,1-3,8-9,12-13H2. The summed E-state index contributed by atoms with van der Waals surface area (Å²) >= 11 is 6.59. The number of ether oxygens (including phenoxy) is 3. The van der Waals surface area contributed by atoms with Crippen LogP contribution in [-0.2, 0) is 9.47 Å². The summed E-state index contributed by atoms with van der Waals surface area (Å²) in [6.07, 6.45) is 2.37. The largest absolute Gasteiger partial charge is 0.470 e. The quantitative estimate of drug-likeness (QED) is 0.623. The van der Waals surface area contributed by atoms with Gasteiger partial charge in [-0.05, 0) is 37.5 Å². The first-order valence-electron chi connectivity index (χ1n) is 11.3. The first kappa shape index (κ1) is 20.3. The molecule has 3 aliphatic heterocycles. The van der Waals surface area contributed by atoms with Gasteiger partial charge in [0.1, 0.15) is 18.3 Å². The zero-order valence-electron chi connectivity index (χ0n) is 17.7. The number of aromatic amines is 1. The molecular formula is C24H26ClN3O4. The maximum Gasteiger partial charge on any atom is 0.193 e. The molecule has 1 aromatic carbocycles. The molecule has 0 bridgehead atoms. The molecule has 2 aromatic heterocycles. The van der Waals surface area contributed by atoms with Gasteiger partial charge in [0.2, 0.25) is 0 Å². The molecule has 3 aromatic rings. The number of fused-ring (bicyclic) bond motifs is 2. The summed E-state index contributed by atoms with van der Waals surface area (Å²) in [5.74, 6) is 0.584. The van der Waals surface area contributed by atoms with Gasteiger partial charge in [0.15, 0.2) is 12.0 Å². The van der Waals surface area contributed by atoms with Crippen molar-refractivity contribution in [3.05, 3.63) is 41.4 Å². The molecule has 3 fully saturated rings. The summed E-state index contributed by atoms with van der Waals surface area (Å²) in [5, 5.41) is 10.5. The van der Waals surface area contributed by atoms with Crippen LogP contribution in [0.5, 0.6) is 5.88 Å². The van der Waals surface area contributed by atoms with E-state index in [9.17, 15) is 5.11 Å². The van der Waals surface area contributed by atoms with E-state index in [1.807, 2.05) is 12.1 Å². The Kier molecular flexibility index (Phi) is 5.22. The summed E-state index contributed by atoms with van der Waals surface area (Å²) in [6.45, 7) is 2.89. The zero-order chi connectivity index (χ0) is 21.7. The van der Waals surface area contributed by atoms with E-state index in [1.54, 1.807) is 0 Å². The third-order valence-corrected chi connectivity index (χ3v) is 6.94. The lowest BCUT2D eigenvalue weighted by Gasteiger charge is -2.28. The molecule has 6 rings (SSSR count). The summed E-state index contributed by atoms with van der Waals surface area (Å²) in [4.78, 5) is 10.5. The molecule has 7 nitrogen and oxygen atoms in total. The summed E-state index contributed by atoms with van der Waals surface area (Å²) in [7, 11) is 0. The Labute approximate surface area is 191 Å². The van der Waals surface area contributed by atoms with Crippen molar-refractivity contribution >= 4 is 28.3 Å². The molecule has 32 heavy (non-hydrogen) atoms. The molecule has 8 heteroatoms. The molecular weight excluding hydrogens is 430 g/mol. The fourth-order valence-corrected chi connectivity index (χ4v) is 5.22. The lowest BCUT2D eigenvalue weighted by atomic mass is 10.1. The van der Waals surface area contributed by atoms with Gasteiger partial charge >= 0.3 is 0 Å². The van der Waals surface area contributed by atoms with Gasteiger partial charge in [-0.2, -0.15) is 0 Å². The summed E-state index contributed by atoms with van der Waals surface area (Å²) in [5.41, 5.74) is 4.58. The molecule has 2 N–H and O–H groups in total. The van der Waals surface area contributed by atoms with Crippen molar-refractivity contribution in [2.75, 3.05) is 31.2 Å². The van der Waals surface area contributed by atoms with Crippen LogP contribution >= 0.6 is 11.6 Å². The molecule has 3 aliphatic rings. The molecule has 4 unspecified atom stereocenters. The fraction of sp³-hybridized carbons (Fsp3) is 0.458. The average molecular weight is 456 g/mol. The van der Waals surface area contributed by atoms with Gasteiger partial charge in [0, 0.05) is 30.4 Å². The minimum atomic E-state index is -0.597. The second-order valence-electron chi connectivity index (χ2n) is 8.80. The predicted octanol–water partition coefficient (Wildman–Crippen LogP) is 3.78. The van der Waals surface area contributed by atoms with Crippen molar-refractivity contribution < 1.29 is 19.3 Å². The molecule has 0 radical (unpaired) electrons. The Balaban J connectivity index is 1.23. The number of benzene rings is 1. The minimum absolute atomic E-state index is 0.262. The van der Waals surface area contributed by atoms with E-state index in [-0.39, 0.29) is 24.9 Å². The average Bonchev–Trinajstić information content (AvgIpc) is 3.51. The third-order valence-electron chi connectivity index (χ3n) is 6.65. The normalized spacial score (nSPS) is 27.8. The van der Waals surface area contributed by atoms with E-state index in [2.05, 4.69) is 34.1 Å². The number of aliphatic hydroxyl groups is 1. The highest BCUT2D eigenvalue weighted by Crippen LogP contribution is 2.34. The van der Waals surface area contributed by atoms with Crippen LogP contribution in [0.25, 0.3) is 22.3 Å². The number of piperidine rings is 1. The second kappa shape index (κ2) is 8.23. The fourth-order valence-electron chi connectivity index (χ4n) is 4.96. The lowest BCUT2D eigenvalue weighted by Crippen LogP contribution is -2.34. The Bertz CT molecular complexity index is 1110. The molecule has 4 atom stereocenters. The van der Waals surface area contributed by atoms with Crippen LogP contribution in [0.3, 0.4) is 0 Å². The number of hydrogen-bond acceptors (Lipinski definition) is 6. The molecule has 168 valence electrons. The number of H-pyrrole nitrogens is 1. The van der Waals surface area contributed by atoms with Crippen LogP contribution in [0, 0.1) is 0 Å². The van der Waals surface area contributed by atoms with E-state index in [1.165, 1.54) is 24.9 Å². The van der Waals surface area contributed by atoms with Crippen molar-refractivity contribution in [3.63, 3.8) is 0 Å². The second-order valence-corrected chi connectivity index (χ2v) is 9.21. The maximum atomic E-state index is 9.92. The topological polar surface area (TPSA) is 79.8 Å². The van der Waals surface area contributed by atoms with Crippen molar-refractivity contribution in [2.24, 2.45) is 0 Å².